The van der Waals surface area contributed by atoms with E-state index in [9.17, 15) is 23.5 Å². The van der Waals surface area contributed by atoms with Gasteiger partial charge in [-0.3, -0.25) is 4.79 Å². The zero-order valence-electron chi connectivity index (χ0n) is 10.1. The monoisotopic (exact) mass is 352 g/mol. The summed E-state index contributed by atoms with van der Waals surface area (Å²) in [5.74, 6) is -2.33. The molecule has 0 aliphatic heterocycles. The lowest BCUT2D eigenvalue weighted by atomic mass is 9.97. The highest BCUT2D eigenvalue weighted by atomic mass is 79.9. The van der Waals surface area contributed by atoms with Gasteiger partial charge >= 0.3 is 12.6 Å². The van der Waals surface area contributed by atoms with Gasteiger partial charge in [-0.25, -0.2) is 4.79 Å². The van der Waals surface area contributed by atoms with Gasteiger partial charge in [0.25, 0.3) is 0 Å². The van der Waals surface area contributed by atoms with Crippen LogP contribution in [-0.2, 0) is 4.79 Å². The molecule has 1 aromatic rings. The second kappa shape index (κ2) is 7.30. The number of hydrogen-bond donors (Lipinski definition) is 2. The maximum atomic E-state index is 12.1. The van der Waals surface area contributed by atoms with Crippen LogP contribution >= 0.6 is 15.9 Å². The first kappa shape index (κ1) is 16.5. The molecule has 0 heterocycles. The molecule has 8 heteroatoms. The first-order valence-corrected chi connectivity index (χ1v) is 6.57. The average Bonchev–Trinajstić information content (AvgIpc) is 2.37. The van der Waals surface area contributed by atoms with Crippen molar-refractivity contribution in [2.75, 3.05) is 5.33 Å². The maximum absolute atomic E-state index is 12.1. The van der Waals surface area contributed by atoms with Gasteiger partial charge in [-0.1, -0.05) is 15.9 Å². The van der Waals surface area contributed by atoms with E-state index in [-0.39, 0.29) is 23.3 Å². The van der Waals surface area contributed by atoms with Gasteiger partial charge in [-0.2, -0.15) is 8.78 Å². The predicted octanol–water partition coefficient (Wildman–Crippen LogP) is 2.37. The Bertz CT molecular complexity index is 507. The number of carboxylic acid groups (broad SMARTS) is 1. The molecule has 0 fully saturated rings. The van der Waals surface area contributed by atoms with Crippen molar-refractivity contribution < 1.29 is 33.3 Å². The van der Waals surface area contributed by atoms with Gasteiger partial charge in [0.1, 0.15) is 5.75 Å². The molecule has 1 aromatic carbocycles. The lowest BCUT2D eigenvalue weighted by molar-refractivity contribution is -0.146. The van der Waals surface area contributed by atoms with Crippen LogP contribution in [0.25, 0.3) is 0 Å². The molecule has 0 radical (unpaired) electrons. The van der Waals surface area contributed by atoms with Crippen LogP contribution in [0.5, 0.6) is 5.75 Å². The molecular formula is C12H11BrF2O5. The number of halogens is 3. The molecule has 0 aliphatic carbocycles. The summed E-state index contributed by atoms with van der Waals surface area (Å²) in [6.45, 7) is -3.09. The molecule has 1 unspecified atom stereocenters. The number of carbonyl (C=O) groups is 2. The summed E-state index contributed by atoms with van der Waals surface area (Å²) in [6.07, 6.45) is -1.92. The molecule has 0 bridgehead atoms. The third-order valence-electron chi connectivity index (χ3n) is 2.40. The van der Waals surface area contributed by atoms with Crippen LogP contribution in [0, 0.1) is 0 Å². The van der Waals surface area contributed by atoms with Crippen molar-refractivity contribution >= 4 is 27.7 Å². The van der Waals surface area contributed by atoms with Crippen LogP contribution in [-0.4, -0.2) is 33.9 Å². The number of carboxylic acids is 1. The Morgan fingerprint density at radius 1 is 1.35 bits per heavy atom. The van der Waals surface area contributed by atoms with E-state index in [2.05, 4.69) is 20.7 Å². The van der Waals surface area contributed by atoms with Crippen molar-refractivity contribution in [3.05, 3.63) is 29.3 Å². The third-order valence-corrected chi connectivity index (χ3v) is 2.80. The van der Waals surface area contributed by atoms with Gasteiger partial charge in [-0.15, -0.1) is 0 Å². The molecule has 0 spiro atoms. The molecule has 0 saturated heterocycles. The molecule has 110 valence electrons. The number of carbonyl (C=O) groups excluding carboxylic acids is 1. The van der Waals surface area contributed by atoms with Crippen molar-refractivity contribution in [1.29, 1.82) is 0 Å². The zero-order valence-corrected chi connectivity index (χ0v) is 11.6. The van der Waals surface area contributed by atoms with Gasteiger partial charge in [0.15, 0.2) is 11.9 Å². The summed E-state index contributed by atoms with van der Waals surface area (Å²) in [5.41, 5.74) is -0.317. The van der Waals surface area contributed by atoms with Crippen molar-refractivity contribution in [3.8, 4) is 5.75 Å². The number of ketones is 1. The number of ether oxygens (including phenoxy) is 1. The minimum atomic E-state index is -3.09. The highest BCUT2D eigenvalue weighted by Crippen LogP contribution is 2.26. The number of aliphatic carboxylic acids is 1. The maximum Gasteiger partial charge on any atom is 0.387 e. The third kappa shape index (κ3) is 4.24. The average molecular weight is 353 g/mol. The normalized spacial score (nSPS) is 12.2. The topological polar surface area (TPSA) is 83.8 Å². The molecule has 5 nitrogen and oxygen atoms in total. The minimum Gasteiger partial charge on any atom is -0.479 e. The summed E-state index contributed by atoms with van der Waals surface area (Å²) in [7, 11) is 0. The smallest absolute Gasteiger partial charge is 0.387 e. The van der Waals surface area contributed by atoms with E-state index < -0.39 is 24.5 Å². The zero-order chi connectivity index (χ0) is 15.3. The Balaban J connectivity index is 3.22. The van der Waals surface area contributed by atoms with Crippen molar-refractivity contribution in [1.82, 2.24) is 0 Å². The SMILES string of the molecule is O=C(CCBr)c1ccc(OC(F)F)cc1C(O)C(=O)O. The van der Waals surface area contributed by atoms with Crippen molar-refractivity contribution in [2.45, 2.75) is 19.1 Å². The molecule has 1 rings (SSSR count). The number of aliphatic hydroxyl groups is 1. The molecular weight excluding hydrogens is 342 g/mol. The fraction of sp³-hybridized carbons (Fsp3) is 0.333. The fourth-order valence-corrected chi connectivity index (χ4v) is 1.91. The first-order valence-electron chi connectivity index (χ1n) is 5.45. The number of benzene rings is 1. The van der Waals surface area contributed by atoms with Gasteiger partial charge < -0.3 is 14.9 Å². The fourth-order valence-electron chi connectivity index (χ4n) is 1.55. The van der Waals surface area contributed by atoms with Gasteiger partial charge in [0, 0.05) is 22.9 Å². The summed E-state index contributed by atoms with van der Waals surface area (Å²) in [6, 6.07) is 3.20. The Kier molecular flexibility index (Phi) is 6.03. The first-order chi connectivity index (χ1) is 9.36. The molecule has 1 atom stereocenters. The summed E-state index contributed by atoms with van der Waals surface area (Å²) < 4.78 is 28.4. The van der Waals surface area contributed by atoms with E-state index in [0.29, 0.717) is 5.33 Å². The number of alkyl halides is 3. The van der Waals surface area contributed by atoms with Crippen LogP contribution in [0.1, 0.15) is 28.4 Å². The molecule has 20 heavy (non-hydrogen) atoms. The quantitative estimate of drug-likeness (QED) is 0.581. The summed E-state index contributed by atoms with van der Waals surface area (Å²) in [5, 5.41) is 18.7. The Morgan fingerprint density at radius 2 is 2.00 bits per heavy atom. The standard InChI is InChI=1S/C12H11BrF2O5/c13-4-3-9(16)7-2-1-6(20-12(14)15)5-8(7)10(17)11(18)19/h1-2,5,10,12,17H,3-4H2,(H,18,19). The number of Topliss-reactive ketones (excluding diaryl/α,β-unsaturated/α-hetero) is 1. The van der Waals surface area contributed by atoms with E-state index in [0.717, 1.165) is 18.2 Å². The van der Waals surface area contributed by atoms with E-state index in [4.69, 9.17) is 5.11 Å². The van der Waals surface area contributed by atoms with E-state index in [1.807, 2.05) is 0 Å². The molecule has 0 saturated carbocycles. The highest BCUT2D eigenvalue weighted by Gasteiger charge is 2.23. The number of aliphatic hydroxyl groups excluding tert-OH is 1. The molecule has 0 aromatic heterocycles. The second-order valence-corrected chi connectivity index (χ2v) is 4.52. The lowest BCUT2D eigenvalue weighted by Gasteiger charge is -2.13. The summed E-state index contributed by atoms with van der Waals surface area (Å²) in [4.78, 5) is 22.6. The Hall–Kier alpha value is -1.54. The van der Waals surface area contributed by atoms with Crippen LogP contribution in [0.4, 0.5) is 8.78 Å². The molecule has 2 N–H and O–H groups in total. The Morgan fingerprint density at radius 3 is 2.50 bits per heavy atom. The van der Waals surface area contributed by atoms with E-state index in [1.54, 1.807) is 0 Å². The minimum absolute atomic E-state index is 0.0408. The number of rotatable bonds is 7. The van der Waals surface area contributed by atoms with Gasteiger partial charge in [0.05, 0.1) is 0 Å². The van der Waals surface area contributed by atoms with E-state index in [1.165, 1.54) is 0 Å². The summed E-state index contributed by atoms with van der Waals surface area (Å²) >= 11 is 3.06. The van der Waals surface area contributed by atoms with Crippen LogP contribution in [0.15, 0.2) is 18.2 Å². The largest absolute Gasteiger partial charge is 0.479 e. The lowest BCUT2D eigenvalue weighted by Crippen LogP contribution is -2.16. The van der Waals surface area contributed by atoms with Gasteiger partial charge in [-0.05, 0) is 18.2 Å². The predicted molar refractivity (Wildman–Crippen MR) is 68.4 cm³/mol. The number of hydrogen-bond acceptors (Lipinski definition) is 4. The van der Waals surface area contributed by atoms with Crippen LogP contribution in [0.2, 0.25) is 0 Å². The molecule has 0 aliphatic rings. The van der Waals surface area contributed by atoms with Crippen LogP contribution in [0.3, 0.4) is 0 Å². The van der Waals surface area contributed by atoms with Crippen molar-refractivity contribution in [3.63, 3.8) is 0 Å². The van der Waals surface area contributed by atoms with Crippen LogP contribution < -0.4 is 4.74 Å². The van der Waals surface area contributed by atoms with Gasteiger partial charge in [0.2, 0.25) is 0 Å². The van der Waals surface area contributed by atoms with E-state index >= 15 is 0 Å². The Labute approximate surface area is 121 Å². The molecule has 0 amide bonds. The second-order valence-electron chi connectivity index (χ2n) is 3.73. The van der Waals surface area contributed by atoms with Crippen molar-refractivity contribution in [2.24, 2.45) is 0 Å². The highest BCUT2D eigenvalue weighted by molar-refractivity contribution is 9.09.